The number of benzene rings is 2. The molecular weight excluding hydrogens is 426 g/mol. The van der Waals surface area contributed by atoms with Crippen LogP contribution in [0.3, 0.4) is 0 Å². The summed E-state index contributed by atoms with van der Waals surface area (Å²) in [6.45, 7) is 7.03. The number of aromatic nitrogens is 7. The highest BCUT2D eigenvalue weighted by Crippen LogP contribution is 2.29. The second-order valence-electron chi connectivity index (χ2n) is 8.37. The standard InChI is InChI=1S/C26H31N7O/c1-3-5-7-8-13-24-29-33(18-6-4-2)26(34)32(24)19-20-14-16-21(17-15-20)22-11-9-10-12-23(22)25-27-30-31-28-25/h4,9-12,14-17H,2-3,5-8,13,18-19H2,1H3,(H,27,28,30,31). The lowest BCUT2D eigenvalue weighted by Gasteiger charge is -2.09. The number of aryl methyl sites for hydroxylation is 2. The van der Waals surface area contributed by atoms with E-state index < -0.39 is 0 Å². The second kappa shape index (κ2) is 11.4. The number of nitrogens with zero attached hydrogens (tertiary/aromatic N) is 6. The molecule has 0 aliphatic heterocycles. The lowest BCUT2D eigenvalue weighted by atomic mass is 9.98. The van der Waals surface area contributed by atoms with Crippen LogP contribution in [0.5, 0.6) is 0 Å². The summed E-state index contributed by atoms with van der Waals surface area (Å²) >= 11 is 0. The number of rotatable bonds is 12. The van der Waals surface area contributed by atoms with Gasteiger partial charge in [-0.1, -0.05) is 80.8 Å². The van der Waals surface area contributed by atoms with Crippen LogP contribution in [0.2, 0.25) is 0 Å². The zero-order chi connectivity index (χ0) is 23.8. The molecule has 2 aromatic heterocycles. The van der Waals surface area contributed by atoms with Gasteiger partial charge in [-0.15, -0.1) is 16.8 Å². The number of unbranched alkanes of at least 4 members (excludes halogenated alkanes) is 3. The summed E-state index contributed by atoms with van der Waals surface area (Å²) in [5, 5.41) is 19.1. The second-order valence-corrected chi connectivity index (χ2v) is 8.37. The average molecular weight is 458 g/mol. The maximum Gasteiger partial charge on any atom is 0.346 e. The molecule has 8 nitrogen and oxygen atoms in total. The molecule has 4 aromatic rings. The molecule has 1 N–H and O–H groups in total. The Morgan fingerprint density at radius 2 is 1.82 bits per heavy atom. The van der Waals surface area contributed by atoms with E-state index in [4.69, 9.17) is 0 Å². The summed E-state index contributed by atoms with van der Waals surface area (Å²) in [6, 6.07) is 16.3. The molecule has 0 aliphatic carbocycles. The smallest absolute Gasteiger partial charge is 0.274 e. The van der Waals surface area contributed by atoms with Crippen LogP contribution >= 0.6 is 0 Å². The van der Waals surface area contributed by atoms with Gasteiger partial charge >= 0.3 is 5.69 Å². The highest BCUT2D eigenvalue weighted by atomic mass is 16.2. The van der Waals surface area contributed by atoms with Crippen LogP contribution in [0.4, 0.5) is 0 Å². The van der Waals surface area contributed by atoms with E-state index in [-0.39, 0.29) is 5.69 Å². The number of aromatic amines is 1. The van der Waals surface area contributed by atoms with Crippen molar-refractivity contribution in [3.8, 4) is 22.5 Å². The van der Waals surface area contributed by atoms with Crippen LogP contribution in [0.25, 0.3) is 22.5 Å². The third kappa shape index (κ3) is 5.39. The number of H-pyrrole nitrogens is 1. The number of hydrogen-bond donors (Lipinski definition) is 1. The Bertz CT molecular complexity index is 1250. The summed E-state index contributed by atoms with van der Waals surface area (Å²) < 4.78 is 3.39. The molecule has 2 aromatic carbocycles. The molecule has 0 radical (unpaired) electrons. The molecule has 0 saturated carbocycles. The Morgan fingerprint density at radius 1 is 1.03 bits per heavy atom. The van der Waals surface area contributed by atoms with Crippen molar-refractivity contribution >= 4 is 0 Å². The highest BCUT2D eigenvalue weighted by molar-refractivity contribution is 5.80. The van der Waals surface area contributed by atoms with Gasteiger partial charge < -0.3 is 0 Å². The van der Waals surface area contributed by atoms with Gasteiger partial charge in [0.2, 0.25) is 5.82 Å². The van der Waals surface area contributed by atoms with Gasteiger partial charge in [0.1, 0.15) is 5.82 Å². The highest BCUT2D eigenvalue weighted by Gasteiger charge is 2.14. The SMILES string of the molecule is C=CCCn1nc(CCCCCC)n(Cc2ccc(-c3ccccc3-c3nn[nH]n3)cc2)c1=O. The number of hydrogen-bond acceptors (Lipinski definition) is 5. The molecule has 8 heteroatoms. The van der Waals surface area contributed by atoms with Gasteiger partial charge in [0.25, 0.3) is 0 Å². The van der Waals surface area contributed by atoms with E-state index in [1.165, 1.54) is 12.8 Å². The summed E-state index contributed by atoms with van der Waals surface area (Å²) in [5.74, 6) is 1.42. The van der Waals surface area contributed by atoms with Crippen molar-refractivity contribution in [2.24, 2.45) is 0 Å². The Kier molecular flexibility index (Phi) is 7.80. The quantitative estimate of drug-likeness (QED) is 0.247. The number of allylic oxidation sites excluding steroid dienone is 1. The van der Waals surface area contributed by atoms with Crippen LogP contribution in [-0.4, -0.2) is 35.0 Å². The van der Waals surface area contributed by atoms with Gasteiger partial charge in [0.15, 0.2) is 0 Å². The molecule has 0 spiro atoms. The van der Waals surface area contributed by atoms with Crippen molar-refractivity contribution in [3.05, 3.63) is 83.1 Å². The molecule has 0 amide bonds. The minimum absolute atomic E-state index is 0.0566. The lowest BCUT2D eigenvalue weighted by Crippen LogP contribution is -2.26. The van der Waals surface area contributed by atoms with Gasteiger partial charge in [-0.05, 0) is 34.7 Å². The summed E-state index contributed by atoms with van der Waals surface area (Å²) in [4.78, 5) is 13.1. The van der Waals surface area contributed by atoms with Gasteiger partial charge in [0.05, 0.1) is 6.54 Å². The molecule has 0 fully saturated rings. The van der Waals surface area contributed by atoms with Crippen LogP contribution in [0, 0.1) is 0 Å². The van der Waals surface area contributed by atoms with E-state index in [1.54, 1.807) is 4.68 Å². The minimum Gasteiger partial charge on any atom is -0.274 e. The first kappa shape index (κ1) is 23.4. The van der Waals surface area contributed by atoms with Crippen molar-refractivity contribution in [1.29, 1.82) is 0 Å². The lowest BCUT2D eigenvalue weighted by molar-refractivity contribution is 0.585. The molecule has 2 heterocycles. The molecule has 0 atom stereocenters. The monoisotopic (exact) mass is 457 g/mol. The molecule has 0 saturated heterocycles. The Morgan fingerprint density at radius 3 is 2.53 bits per heavy atom. The van der Waals surface area contributed by atoms with Gasteiger partial charge in [-0.3, -0.25) is 4.57 Å². The van der Waals surface area contributed by atoms with Crippen molar-refractivity contribution in [3.63, 3.8) is 0 Å². The Hall–Kier alpha value is -3.81. The Balaban J connectivity index is 1.57. The fourth-order valence-corrected chi connectivity index (χ4v) is 4.08. The average Bonchev–Trinajstić information content (AvgIpc) is 3.50. The maximum atomic E-state index is 13.1. The molecule has 34 heavy (non-hydrogen) atoms. The summed E-state index contributed by atoms with van der Waals surface area (Å²) in [6.07, 6.45) is 7.93. The van der Waals surface area contributed by atoms with Crippen LogP contribution < -0.4 is 5.69 Å². The molecule has 0 aliphatic rings. The number of tetrazole rings is 1. The van der Waals surface area contributed by atoms with Gasteiger partial charge in [0, 0.05) is 18.5 Å². The molecule has 0 bridgehead atoms. The van der Waals surface area contributed by atoms with E-state index in [0.717, 1.165) is 53.8 Å². The zero-order valence-corrected chi connectivity index (χ0v) is 19.7. The first-order chi connectivity index (χ1) is 16.7. The number of nitrogens with one attached hydrogen (secondary N) is 1. The van der Waals surface area contributed by atoms with Crippen molar-refractivity contribution in [1.82, 2.24) is 35.0 Å². The maximum absolute atomic E-state index is 13.1. The van der Waals surface area contributed by atoms with Crippen molar-refractivity contribution < 1.29 is 0 Å². The zero-order valence-electron chi connectivity index (χ0n) is 19.7. The topological polar surface area (TPSA) is 94.3 Å². The molecular formula is C26H31N7O. The fourth-order valence-electron chi connectivity index (χ4n) is 4.08. The van der Waals surface area contributed by atoms with Crippen molar-refractivity contribution in [2.75, 3.05) is 0 Å². The van der Waals surface area contributed by atoms with E-state index in [1.807, 2.05) is 34.9 Å². The minimum atomic E-state index is -0.0566. The van der Waals surface area contributed by atoms with Gasteiger partial charge in [-0.2, -0.15) is 10.3 Å². The Labute approximate surface area is 199 Å². The molecule has 176 valence electrons. The van der Waals surface area contributed by atoms with E-state index >= 15 is 0 Å². The van der Waals surface area contributed by atoms with E-state index in [0.29, 0.717) is 18.9 Å². The third-order valence-corrected chi connectivity index (χ3v) is 5.92. The van der Waals surface area contributed by atoms with Gasteiger partial charge in [-0.25, -0.2) is 9.48 Å². The van der Waals surface area contributed by atoms with Crippen LogP contribution in [0.1, 0.15) is 50.4 Å². The molecule has 0 unspecified atom stereocenters. The predicted molar refractivity (Wildman–Crippen MR) is 133 cm³/mol. The first-order valence-corrected chi connectivity index (χ1v) is 11.9. The normalized spacial score (nSPS) is 11.1. The first-order valence-electron chi connectivity index (χ1n) is 11.9. The summed E-state index contributed by atoms with van der Waals surface area (Å²) in [5.41, 5.74) is 4.00. The fraction of sp³-hybridized carbons (Fsp3) is 0.346. The van der Waals surface area contributed by atoms with E-state index in [9.17, 15) is 4.79 Å². The largest absolute Gasteiger partial charge is 0.346 e. The predicted octanol–water partition coefficient (Wildman–Crippen LogP) is 4.64. The van der Waals surface area contributed by atoms with Crippen molar-refractivity contribution in [2.45, 2.75) is 58.5 Å². The summed E-state index contributed by atoms with van der Waals surface area (Å²) in [7, 11) is 0. The third-order valence-electron chi connectivity index (χ3n) is 5.92. The van der Waals surface area contributed by atoms with Crippen LogP contribution in [-0.2, 0) is 19.5 Å². The molecule has 4 rings (SSSR count). The van der Waals surface area contributed by atoms with Crippen LogP contribution in [0.15, 0.2) is 66.0 Å². The van der Waals surface area contributed by atoms with E-state index in [2.05, 4.69) is 63.5 Å².